The zero-order valence-electron chi connectivity index (χ0n) is 12.9. The Morgan fingerprint density at radius 2 is 1.90 bits per heavy atom. The number of benzene rings is 1. The van der Waals surface area contributed by atoms with Crippen LogP contribution in [-0.4, -0.2) is 16.8 Å². The van der Waals surface area contributed by atoms with E-state index in [4.69, 9.17) is 0 Å². The van der Waals surface area contributed by atoms with Crippen LogP contribution in [0.5, 0.6) is 0 Å². The molecule has 0 spiro atoms. The molecule has 0 bridgehead atoms. The fraction of sp³-hybridized carbons (Fsp3) is 0.333. The highest BCUT2D eigenvalue weighted by Crippen LogP contribution is 2.25. The Kier molecular flexibility index (Phi) is 5.23. The quantitative estimate of drug-likeness (QED) is 0.818. The van der Waals surface area contributed by atoms with E-state index in [1.807, 2.05) is 37.3 Å². The summed E-state index contributed by atoms with van der Waals surface area (Å²) in [5.41, 5.74) is 4.21. The molecular formula is C18H22N2O. The summed E-state index contributed by atoms with van der Waals surface area (Å²) in [6.45, 7) is 6.88. The maximum Gasteiger partial charge on any atom is 0.162 e. The van der Waals surface area contributed by atoms with Crippen molar-refractivity contribution in [3.63, 3.8) is 0 Å². The number of aromatic nitrogens is 1. The molecule has 0 aliphatic carbocycles. The molecule has 1 aromatic carbocycles. The minimum atomic E-state index is 0.182. The highest BCUT2D eigenvalue weighted by molar-refractivity contribution is 5.96. The van der Waals surface area contributed by atoms with E-state index in [2.05, 4.69) is 24.1 Å². The van der Waals surface area contributed by atoms with E-state index in [0.29, 0.717) is 12.5 Å². The van der Waals surface area contributed by atoms with Crippen molar-refractivity contribution in [1.82, 2.24) is 10.3 Å². The maximum absolute atomic E-state index is 11.9. The Labute approximate surface area is 126 Å². The van der Waals surface area contributed by atoms with Crippen LogP contribution in [0.25, 0.3) is 11.1 Å². The van der Waals surface area contributed by atoms with Gasteiger partial charge >= 0.3 is 0 Å². The first-order valence-corrected chi connectivity index (χ1v) is 7.41. The molecule has 0 fully saturated rings. The van der Waals surface area contributed by atoms with Crippen LogP contribution in [0.15, 0.2) is 42.7 Å². The summed E-state index contributed by atoms with van der Waals surface area (Å²) in [4.78, 5) is 16.0. The van der Waals surface area contributed by atoms with Crippen molar-refractivity contribution in [2.24, 2.45) is 0 Å². The number of carbonyl (C=O) groups excluding carboxylic acids is 1. The molecule has 1 N–H and O–H groups in total. The molecule has 0 amide bonds. The summed E-state index contributed by atoms with van der Waals surface area (Å²) >= 11 is 0. The van der Waals surface area contributed by atoms with Crippen molar-refractivity contribution in [2.75, 3.05) is 0 Å². The highest BCUT2D eigenvalue weighted by atomic mass is 16.1. The summed E-state index contributed by atoms with van der Waals surface area (Å²) in [6.07, 6.45) is 4.12. The predicted molar refractivity (Wildman–Crippen MR) is 86.3 cm³/mol. The zero-order chi connectivity index (χ0) is 15.2. The van der Waals surface area contributed by atoms with Crippen LogP contribution in [0.3, 0.4) is 0 Å². The van der Waals surface area contributed by atoms with Gasteiger partial charge in [0, 0.05) is 37.0 Å². The van der Waals surface area contributed by atoms with Crippen molar-refractivity contribution in [3.8, 4) is 11.1 Å². The summed E-state index contributed by atoms with van der Waals surface area (Å²) in [5, 5.41) is 3.43. The SMILES string of the molecule is CCC(=O)c1ccc(-c2ccncc2)c(CNC(C)C)c1. The van der Waals surface area contributed by atoms with Gasteiger partial charge in [0.15, 0.2) is 5.78 Å². The van der Waals surface area contributed by atoms with Gasteiger partial charge in [-0.15, -0.1) is 0 Å². The zero-order valence-corrected chi connectivity index (χ0v) is 12.9. The van der Waals surface area contributed by atoms with Crippen LogP contribution in [0, 0.1) is 0 Å². The van der Waals surface area contributed by atoms with E-state index in [-0.39, 0.29) is 5.78 Å². The van der Waals surface area contributed by atoms with Gasteiger partial charge in [-0.25, -0.2) is 0 Å². The molecule has 2 aromatic rings. The number of pyridine rings is 1. The van der Waals surface area contributed by atoms with Gasteiger partial charge < -0.3 is 5.32 Å². The van der Waals surface area contributed by atoms with Crippen LogP contribution in [0.2, 0.25) is 0 Å². The number of hydrogen-bond donors (Lipinski definition) is 1. The van der Waals surface area contributed by atoms with Crippen LogP contribution in [-0.2, 0) is 6.54 Å². The second-order valence-corrected chi connectivity index (χ2v) is 5.42. The first-order chi connectivity index (χ1) is 10.1. The Balaban J connectivity index is 2.41. The van der Waals surface area contributed by atoms with Crippen LogP contribution >= 0.6 is 0 Å². The number of Topliss-reactive ketones (excluding diaryl/α,β-unsaturated/α-hetero) is 1. The lowest BCUT2D eigenvalue weighted by Crippen LogP contribution is -2.22. The van der Waals surface area contributed by atoms with E-state index in [0.717, 1.165) is 28.8 Å². The minimum Gasteiger partial charge on any atom is -0.310 e. The second kappa shape index (κ2) is 7.14. The lowest BCUT2D eigenvalue weighted by molar-refractivity contribution is 0.0988. The van der Waals surface area contributed by atoms with Gasteiger partial charge in [-0.1, -0.05) is 32.9 Å². The van der Waals surface area contributed by atoms with E-state index >= 15 is 0 Å². The molecule has 21 heavy (non-hydrogen) atoms. The highest BCUT2D eigenvalue weighted by Gasteiger charge is 2.10. The average molecular weight is 282 g/mol. The Morgan fingerprint density at radius 3 is 2.52 bits per heavy atom. The molecule has 0 saturated heterocycles. The molecule has 2 rings (SSSR count). The smallest absolute Gasteiger partial charge is 0.162 e. The van der Waals surface area contributed by atoms with Crippen LogP contribution in [0.4, 0.5) is 0 Å². The predicted octanol–water partition coefficient (Wildman–Crippen LogP) is 3.84. The lowest BCUT2D eigenvalue weighted by atomic mass is 9.96. The van der Waals surface area contributed by atoms with E-state index < -0.39 is 0 Å². The van der Waals surface area contributed by atoms with Gasteiger partial charge in [0.25, 0.3) is 0 Å². The third-order valence-corrected chi connectivity index (χ3v) is 3.44. The molecule has 1 heterocycles. The van der Waals surface area contributed by atoms with Gasteiger partial charge in [0.2, 0.25) is 0 Å². The molecule has 0 aliphatic heterocycles. The molecule has 0 saturated carbocycles. The van der Waals surface area contributed by atoms with Crippen molar-refractivity contribution in [3.05, 3.63) is 53.9 Å². The second-order valence-electron chi connectivity index (χ2n) is 5.42. The van der Waals surface area contributed by atoms with Gasteiger partial charge in [-0.05, 0) is 34.9 Å². The molecule has 110 valence electrons. The van der Waals surface area contributed by atoms with E-state index in [9.17, 15) is 4.79 Å². The Bertz CT molecular complexity index is 606. The molecule has 0 unspecified atom stereocenters. The monoisotopic (exact) mass is 282 g/mol. The third-order valence-electron chi connectivity index (χ3n) is 3.44. The fourth-order valence-electron chi connectivity index (χ4n) is 2.24. The summed E-state index contributed by atoms with van der Waals surface area (Å²) in [5.74, 6) is 0.182. The number of nitrogens with one attached hydrogen (secondary N) is 1. The molecule has 0 radical (unpaired) electrons. The van der Waals surface area contributed by atoms with Gasteiger partial charge in [-0.3, -0.25) is 9.78 Å². The summed E-state index contributed by atoms with van der Waals surface area (Å²) in [6, 6.07) is 10.4. The number of rotatable bonds is 6. The van der Waals surface area contributed by atoms with Gasteiger partial charge in [-0.2, -0.15) is 0 Å². The summed E-state index contributed by atoms with van der Waals surface area (Å²) in [7, 11) is 0. The van der Waals surface area contributed by atoms with Gasteiger partial charge in [0.1, 0.15) is 0 Å². The fourth-order valence-corrected chi connectivity index (χ4v) is 2.24. The standard InChI is InChI=1S/C18H22N2O/c1-4-18(21)15-5-6-17(14-7-9-19-10-8-14)16(11-15)12-20-13(2)3/h5-11,13,20H,4,12H2,1-3H3. The van der Waals surface area contributed by atoms with Crippen molar-refractivity contribution in [2.45, 2.75) is 39.8 Å². The third kappa shape index (κ3) is 3.99. The van der Waals surface area contributed by atoms with Crippen LogP contribution < -0.4 is 5.32 Å². The molecule has 1 aromatic heterocycles. The van der Waals surface area contributed by atoms with E-state index in [1.54, 1.807) is 12.4 Å². The first-order valence-electron chi connectivity index (χ1n) is 7.41. The summed E-state index contributed by atoms with van der Waals surface area (Å²) < 4.78 is 0. The largest absolute Gasteiger partial charge is 0.310 e. The molecule has 0 aliphatic rings. The Morgan fingerprint density at radius 1 is 1.19 bits per heavy atom. The lowest BCUT2D eigenvalue weighted by Gasteiger charge is -2.14. The minimum absolute atomic E-state index is 0.182. The molecule has 3 nitrogen and oxygen atoms in total. The topological polar surface area (TPSA) is 42.0 Å². The average Bonchev–Trinajstić information content (AvgIpc) is 2.52. The van der Waals surface area contributed by atoms with Crippen molar-refractivity contribution >= 4 is 5.78 Å². The Hall–Kier alpha value is -2.00. The van der Waals surface area contributed by atoms with Crippen molar-refractivity contribution < 1.29 is 4.79 Å². The van der Waals surface area contributed by atoms with E-state index in [1.165, 1.54) is 0 Å². The van der Waals surface area contributed by atoms with Crippen molar-refractivity contribution in [1.29, 1.82) is 0 Å². The maximum atomic E-state index is 11.9. The number of nitrogens with zero attached hydrogens (tertiary/aromatic N) is 1. The number of ketones is 1. The molecule has 3 heteroatoms. The number of hydrogen-bond acceptors (Lipinski definition) is 3. The number of carbonyl (C=O) groups is 1. The molecular weight excluding hydrogens is 260 g/mol. The first kappa shape index (κ1) is 15.4. The van der Waals surface area contributed by atoms with Crippen LogP contribution in [0.1, 0.15) is 43.1 Å². The molecule has 0 atom stereocenters. The van der Waals surface area contributed by atoms with Gasteiger partial charge in [0.05, 0.1) is 0 Å². The normalized spacial score (nSPS) is 10.9.